The number of aliphatic carboxylic acids is 1. The van der Waals surface area contributed by atoms with Crippen LogP contribution in [0.1, 0.15) is 32.6 Å². The molecule has 1 rings (SSSR count). The molecule has 0 heterocycles. The van der Waals surface area contributed by atoms with E-state index < -0.39 is 5.97 Å². The summed E-state index contributed by atoms with van der Waals surface area (Å²) in [6, 6.07) is 0.454. The summed E-state index contributed by atoms with van der Waals surface area (Å²) in [6.45, 7) is 1.80. The molecule has 0 bridgehead atoms. The molecule has 0 amide bonds. The topological polar surface area (TPSA) is 40.5 Å². The number of nitrogens with zero attached hydrogens (tertiary/aromatic N) is 1. The lowest BCUT2D eigenvalue weighted by atomic mass is 9.76. The average Bonchev–Trinajstić information content (AvgIpc) is 1.99. The monoisotopic (exact) mass is 199 g/mol. The first-order valence-corrected chi connectivity index (χ1v) is 5.41. The van der Waals surface area contributed by atoms with Gasteiger partial charge < -0.3 is 10.0 Å². The quantitative estimate of drug-likeness (QED) is 0.734. The highest BCUT2D eigenvalue weighted by Crippen LogP contribution is 2.34. The van der Waals surface area contributed by atoms with Gasteiger partial charge in [-0.1, -0.05) is 13.3 Å². The Kier molecular flexibility index (Phi) is 3.93. The highest BCUT2D eigenvalue weighted by molar-refractivity contribution is 5.69. The van der Waals surface area contributed by atoms with Crippen LogP contribution in [0, 0.1) is 11.8 Å². The van der Waals surface area contributed by atoms with E-state index >= 15 is 0 Å². The Morgan fingerprint density at radius 3 is 2.36 bits per heavy atom. The van der Waals surface area contributed by atoms with Gasteiger partial charge in [0.15, 0.2) is 0 Å². The van der Waals surface area contributed by atoms with Gasteiger partial charge in [0.2, 0.25) is 0 Å². The average molecular weight is 199 g/mol. The number of hydrogen-bond donors (Lipinski definition) is 1. The summed E-state index contributed by atoms with van der Waals surface area (Å²) in [4.78, 5) is 13.0. The van der Waals surface area contributed by atoms with Gasteiger partial charge in [0.05, 0.1) is 5.92 Å². The van der Waals surface area contributed by atoms with Gasteiger partial charge in [0.1, 0.15) is 0 Å². The van der Waals surface area contributed by atoms with Crippen LogP contribution in [0.25, 0.3) is 0 Å². The molecule has 1 aliphatic carbocycles. The largest absolute Gasteiger partial charge is 0.481 e. The third-order valence-electron chi connectivity index (χ3n) is 3.37. The lowest BCUT2D eigenvalue weighted by molar-refractivity contribution is -0.142. The van der Waals surface area contributed by atoms with Gasteiger partial charge in [-0.3, -0.25) is 4.79 Å². The Morgan fingerprint density at radius 1 is 1.50 bits per heavy atom. The Hall–Kier alpha value is -0.570. The summed E-state index contributed by atoms with van der Waals surface area (Å²) >= 11 is 0. The lowest BCUT2D eigenvalue weighted by Gasteiger charge is -2.38. The van der Waals surface area contributed by atoms with Crippen molar-refractivity contribution in [1.29, 1.82) is 0 Å². The fraction of sp³-hybridized carbons (Fsp3) is 0.909. The van der Waals surface area contributed by atoms with Gasteiger partial charge in [-0.25, -0.2) is 0 Å². The Labute approximate surface area is 86.1 Å². The molecule has 3 heteroatoms. The maximum atomic E-state index is 10.8. The third-order valence-corrected chi connectivity index (χ3v) is 3.37. The van der Waals surface area contributed by atoms with Crippen LogP contribution < -0.4 is 0 Å². The molecule has 1 saturated carbocycles. The Bertz CT molecular complexity index is 199. The van der Waals surface area contributed by atoms with Crippen LogP contribution in [-0.2, 0) is 4.79 Å². The fourth-order valence-corrected chi connectivity index (χ4v) is 2.11. The van der Waals surface area contributed by atoms with E-state index in [9.17, 15) is 4.79 Å². The number of carbonyl (C=O) groups is 1. The molecule has 2 unspecified atom stereocenters. The second-order valence-corrected chi connectivity index (χ2v) is 4.70. The van der Waals surface area contributed by atoms with Gasteiger partial charge in [-0.15, -0.1) is 0 Å². The summed E-state index contributed by atoms with van der Waals surface area (Å²) < 4.78 is 0. The summed E-state index contributed by atoms with van der Waals surface area (Å²) in [5.41, 5.74) is 0. The zero-order valence-corrected chi connectivity index (χ0v) is 9.36. The van der Waals surface area contributed by atoms with E-state index in [-0.39, 0.29) is 5.92 Å². The normalized spacial score (nSPS) is 21.7. The van der Waals surface area contributed by atoms with Crippen molar-refractivity contribution >= 4 is 5.97 Å². The predicted octanol–water partition coefficient (Wildman–Crippen LogP) is 1.83. The molecule has 1 fully saturated rings. The number of carboxylic acid groups (broad SMARTS) is 1. The van der Waals surface area contributed by atoms with Crippen molar-refractivity contribution in [3.05, 3.63) is 0 Å². The van der Waals surface area contributed by atoms with Gasteiger partial charge in [0, 0.05) is 6.04 Å². The molecule has 0 spiro atoms. The van der Waals surface area contributed by atoms with Crippen LogP contribution in [0.15, 0.2) is 0 Å². The molecule has 0 aromatic heterocycles. The van der Waals surface area contributed by atoms with Gasteiger partial charge in [-0.2, -0.15) is 0 Å². The van der Waals surface area contributed by atoms with Crippen molar-refractivity contribution in [2.45, 2.75) is 38.6 Å². The summed E-state index contributed by atoms with van der Waals surface area (Å²) in [7, 11) is 4.11. The summed E-state index contributed by atoms with van der Waals surface area (Å²) in [5, 5.41) is 8.87. The van der Waals surface area contributed by atoms with E-state index in [0.29, 0.717) is 6.04 Å². The van der Waals surface area contributed by atoms with Crippen molar-refractivity contribution in [3.8, 4) is 0 Å². The van der Waals surface area contributed by atoms with Gasteiger partial charge in [0.25, 0.3) is 0 Å². The molecule has 82 valence electrons. The number of rotatable bonds is 5. The zero-order chi connectivity index (χ0) is 10.7. The zero-order valence-electron chi connectivity index (χ0n) is 9.36. The van der Waals surface area contributed by atoms with Crippen molar-refractivity contribution in [3.63, 3.8) is 0 Å². The van der Waals surface area contributed by atoms with E-state index in [2.05, 4.69) is 19.0 Å². The van der Waals surface area contributed by atoms with Gasteiger partial charge in [-0.05, 0) is 39.3 Å². The Balaban J connectivity index is 2.46. The second-order valence-electron chi connectivity index (χ2n) is 4.70. The maximum Gasteiger partial charge on any atom is 0.306 e. The molecule has 1 N–H and O–H groups in total. The van der Waals surface area contributed by atoms with Crippen molar-refractivity contribution < 1.29 is 9.90 Å². The van der Waals surface area contributed by atoms with Crippen LogP contribution in [0.4, 0.5) is 0 Å². The summed E-state index contributed by atoms with van der Waals surface area (Å²) in [6.07, 6.45) is 4.65. The first-order valence-electron chi connectivity index (χ1n) is 5.41. The predicted molar refractivity (Wildman–Crippen MR) is 56.2 cm³/mol. The van der Waals surface area contributed by atoms with E-state index in [0.717, 1.165) is 12.3 Å². The van der Waals surface area contributed by atoms with E-state index in [1.165, 1.54) is 19.3 Å². The van der Waals surface area contributed by atoms with Crippen LogP contribution in [0.2, 0.25) is 0 Å². The highest BCUT2D eigenvalue weighted by atomic mass is 16.4. The lowest BCUT2D eigenvalue weighted by Crippen LogP contribution is -2.40. The molecule has 3 nitrogen and oxygen atoms in total. The first kappa shape index (κ1) is 11.5. The van der Waals surface area contributed by atoms with Gasteiger partial charge >= 0.3 is 5.97 Å². The molecule has 0 radical (unpaired) electrons. The fourth-order valence-electron chi connectivity index (χ4n) is 2.11. The van der Waals surface area contributed by atoms with Crippen LogP contribution in [-0.4, -0.2) is 36.1 Å². The summed E-state index contributed by atoms with van der Waals surface area (Å²) in [5.74, 6) is -0.161. The van der Waals surface area contributed by atoms with Crippen molar-refractivity contribution in [1.82, 2.24) is 4.90 Å². The molecular weight excluding hydrogens is 178 g/mol. The first-order chi connectivity index (χ1) is 6.52. The smallest absolute Gasteiger partial charge is 0.306 e. The van der Waals surface area contributed by atoms with Crippen LogP contribution in [0.3, 0.4) is 0 Å². The minimum absolute atomic E-state index is 0.219. The molecule has 0 aromatic rings. The molecule has 2 atom stereocenters. The number of hydrogen-bond acceptors (Lipinski definition) is 2. The highest BCUT2D eigenvalue weighted by Gasteiger charge is 2.31. The molecule has 0 aliphatic heterocycles. The molecule has 14 heavy (non-hydrogen) atoms. The molecule has 1 aliphatic rings. The van der Waals surface area contributed by atoms with Crippen molar-refractivity contribution in [2.75, 3.05) is 14.1 Å². The SMILES string of the molecule is CC(CC(C1CCC1)N(C)C)C(=O)O. The van der Waals surface area contributed by atoms with Crippen LogP contribution in [0.5, 0.6) is 0 Å². The molecule has 0 aromatic carbocycles. The standard InChI is InChI=1S/C11H21NO2/c1-8(11(13)14)7-10(12(2)3)9-5-4-6-9/h8-10H,4-7H2,1-3H3,(H,13,14). The van der Waals surface area contributed by atoms with Crippen LogP contribution >= 0.6 is 0 Å². The second kappa shape index (κ2) is 4.78. The van der Waals surface area contributed by atoms with E-state index in [1.807, 2.05) is 0 Å². The van der Waals surface area contributed by atoms with Crippen molar-refractivity contribution in [2.24, 2.45) is 11.8 Å². The van der Waals surface area contributed by atoms with E-state index in [4.69, 9.17) is 5.11 Å². The number of carboxylic acids is 1. The van der Waals surface area contributed by atoms with E-state index in [1.54, 1.807) is 6.92 Å². The molecule has 0 saturated heterocycles. The molecular formula is C11H21NO2. The Morgan fingerprint density at radius 2 is 2.07 bits per heavy atom. The minimum Gasteiger partial charge on any atom is -0.481 e. The minimum atomic E-state index is -0.670. The maximum absolute atomic E-state index is 10.8. The third kappa shape index (κ3) is 2.71.